The van der Waals surface area contributed by atoms with Crippen LogP contribution in [0.3, 0.4) is 0 Å². The van der Waals surface area contributed by atoms with Crippen LogP contribution in [0.4, 0.5) is 0 Å². The van der Waals surface area contributed by atoms with Crippen molar-refractivity contribution in [2.75, 3.05) is 20.6 Å². The molecule has 1 aromatic carbocycles. The third-order valence-electron chi connectivity index (χ3n) is 2.33. The number of quaternary nitrogens is 1. The molecule has 0 fully saturated rings. The molecule has 0 aliphatic carbocycles. The Labute approximate surface area is 108 Å². The summed E-state index contributed by atoms with van der Waals surface area (Å²) in [6.07, 6.45) is 0. The van der Waals surface area contributed by atoms with Crippen molar-refractivity contribution < 1.29 is 15.0 Å². The van der Waals surface area contributed by atoms with Gasteiger partial charge >= 0.3 is 0 Å². The van der Waals surface area contributed by atoms with Crippen molar-refractivity contribution in [3.8, 4) is 5.75 Å². The smallest absolute Gasteiger partial charge is 0.195 e. The highest BCUT2D eigenvalue weighted by atomic mass is 17.1. The molecule has 0 saturated carbocycles. The molecule has 1 N–H and O–H groups in total. The first-order chi connectivity index (χ1) is 8.26. The quantitative estimate of drug-likeness (QED) is 0.625. The molecule has 0 spiro atoms. The molecule has 1 atom stereocenters. The van der Waals surface area contributed by atoms with E-state index in [1.165, 1.54) is 0 Å². The van der Waals surface area contributed by atoms with Gasteiger partial charge in [0.05, 0.1) is 0 Å². The molecule has 5 nitrogen and oxygen atoms in total. The van der Waals surface area contributed by atoms with E-state index in [0.29, 0.717) is 11.7 Å². The highest BCUT2D eigenvalue weighted by molar-refractivity contribution is 5.26. The topological polar surface area (TPSA) is 55.8 Å². The minimum absolute atomic E-state index is 0.352. The van der Waals surface area contributed by atoms with Gasteiger partial charge in [-0.15, -0.1) is 0 Å². The van der Waals surface area contributed by atoms with Crippen molar-refractivity contribution in [3.63, 3.8) is 0 Å². The van der Waals surface area contributed by atoms with E-state index >= 15 is 0 Å². The lowest BCUT2D eigenvalue weighted by atomic mass is 10.1. The van der Waals surface area contributed by atoms with E-state index in [4.69, 9.17) is 10.0 Å². The molecule has 0 radical (unpaired) electrons. The average molecular weight is 254 g/mol. The normalized spacial score (nSPS) is 14.9. The largest absolute Gasteiger partial charge is 0.555 e. The van der Waals surface area contributed by atoms with Crippen LogP contribution in [0.25, 0.3) is 0 Å². The van der Waals surface area contributed by atoms with Crippen LogP contribution in [0.5, 0.6) is 5.75 Å². The lowest BCUT2D eigenvalue weighted by Gasteiger charge is -2.25. The molecule has 0 bridgehead atoms. The third kappa shape index (κ3) is 5.97. The van der Waals surface area contributed by atoms with Crippen LogP contribution in [-0.4, -0.2) is 35.7 Å². The summed E-state index contributed by atoms with van der Waals surface area (Å²) in [5.41, 5.74) is 1.14. The Bertz CT molecular complexity index is 357. The third-order valence-corrected chi connectivity index (χ3v) is 2.33. The van der Waals surface area contributed by atoms with E-state index in [1.807, 2.05) is 12.1 Å². The SMILES string of the molecule is CC(C)CN(C)Cc1ccc(O[N+](C)([O-])O)cc1. The number of benzene rings is 1. The lowest BCUT2D eigenvalue weighted by Crippen LogP contribution is -2.36. The lowest BCUT2D eigenvalue weighted by molar-refractivity contribution is -1.18. The Morgan fingerprint density at radius 1 is 1.33 bits per heavy atom. The summed E-state index contributed by atoms with van der Waals surface area (Å²) in [5, 5.41) is 19.9. The van der Waals surface area contributed by atoms with Gasteiger partial charge in [-0.25, -0.2) is 0 Å². The van der Waals surface area contributed by atoms with Gasteiger partial charge < -0.3 is 10.1 Å². The van der Waals surface area contributed by atoms with Crippen molar-refractivity contribution in [3.05, 3.63) is 35.0 Å². The van der Waals surface area contributed by atoms with Crippen LogP contribution in [0.1, 0.15) is 19.4 Å². The molecule has 0 heterocycles. The van der Waals surface area contributed by atoms with Gasteiger partial charge in [0, 0.05) is 13.1 Å². The van der Waals surface area contributed by atoms with Gasteiger partial charge in [-0.2, -0.15) is 5.21 Å². The number of nitrogens with zero attached hydrogens (tertiary/aromatic N) is 2. The Morgan fingerprint density at radius 3 is 2.33 bits per heavy atom. The summed E-state index contributed by atoms with van der Waals surface area (Å²) in [6.45, 7) is 6.24. The van der Waals surface area contributed by atoms with Gasteiger partial charge in [-0.05, 0) is 35.6 Å². The van der Waals surface area contributed by atoms with Crippen LogP contribution in [-0.2, 0) is 6.54 Å². The number of hydrogen-bond acceptors (Lipinski definition) is 4. The van der Waals surface area contributed by atoms with Gasteiger partial charge in [0.1, 0.15) is 7.05 Å². The zero-order valence-corrected chi connectivity index (χ0v) is 11.5. The Balaban J connectivity index is 2.55. The zero-order chi connectivity index (χ0) is 13.8. The second kappa shape index (κ2) is 6.15. The summed E-state index contributed by atoms with van der Waals surface area (Å²) in [6, 6.07) is 7.15. The monoisotopic (exact) mass is 254 g/mol. The summed E-state index contributed by atoms with van der Waals surface area (Å²) in [5.74, 6) is 0.982. The first-order valence-electron chi connectivity index (χ1n) is 6.03. The van der Waals surface area contributed by atoms with Gasteiger partial charge in [-0.3, -0.25) is 4.84 Å². The van der Waals surface area contributed by atoms with E-state index in [1.54, 1.807) is 12.1 Å². The molecule has 5 heteroatoms. The molecular weight excluding hydrogens is 232 g/mol. The van der Waals surface area contributed by atoms with Gasteiger partial charge in [0.25, 0.3) is 0 Å². The molecule has 102 valence electrons. The summed E-state index contributed by atoms with van der Waals surface area (Å²) >= 11 is 0. The fraction of sp³-hybridized carbons (Fsp3) is 0.538. The molecule has 1 unspecified atom stereocenters. The first kappa shape index (κ1) is 14.9. The second-order valence-corrected chi connectivity index (χ2v) is 5.13. The highest BCUT2D eigenvalue weighted by Gasteiger charge is 2.09. The molecule has 1 aromatic rings. The Kier molecular flexibility index (Phi) is 5.10. The zero-order valence-electron chi connectivity index (χ0n) is 11.5. The maximum atomic E-state index is 10.9. The molecule has 0 aromatic heterocycles. The Hall–Kier alpha value is -1.14. The molecule has 0 aliphatic heterocycles. The molecule has 18 heavy (non-hydrogen) atoms. The minimum Gasteiger partial charge on any atom is -0.555 e. The summed E-state index contributed by atoms with van der Waals surface area (Å²) in [7, 11) is 3.08. The summed E-state index contributed by atoms with van der Waals surface area (Å²) < 4.78 is 0. The minimum atomic E-state index is -1.77. The van der Waals surface area contributed by atoms with Crippen molar-refractivity contribution >= 4 is 0 Å². The molecular formula is C13H22N2O3. The molecule has 1 rings (SSSR count). The van der Waals surface area contributed by atoms with Crippen molar-refractivity contribution in [1.29, 1.82) is 0 Å². The molecule has 0 aliphatic rings. The molecule has 0 saturated heterocycles. The van der Waals surface area contributed by atoms with Gasteiger partial charge in [0.15, 0.2) is 5.75 Å². The van der Waals surface area contributed by atoms with E-state index < -0.39 is 4.97 Å². The van der Waals surface area contributed by atoms with Gasteiger partial charge in [-0.1, -0.05) is 26.0 Å². The number of hydroxylamine groups is 3. The van der Waals surface area contributed by atoms with Crippen molar-refractivity contribution in [1.82, 2.24) is 4.90 Å². The standard InChI is InChI=1S/C13H22N2O3/c1-11(2)9-14(3)10-12-5-7-13(8-6-12)18-15(4,16)17/h5-8,11,16H,9-10H2,1-4H3. The first-order valence-corrected chi connectivity index (χ1v) is 6.03. The van der Waals surface area contributed by atoms with Crippen molar-refractivity contribution in [2.24, 2.45) is 5.92 Å². The number of hydrogen-bond donors (Lipinski definition) is 1. The van der Waals surface area contributed by atoms with Crippen molar-refractivity contribution in [2.45, 2.75) is 20.4 Å². The average Bonchev–Trinajstić information content (AvgIpc) is 2.17. The van der Waals surface area contributed by atoms with E-state index in [0.717, 1.165) is 25.7 Å². The van der Waals surface area contributed by atoms with E-state index in [2.05, 4.69) is 25.8 Å². The van der Waals surface area contributed by atoms with Crippen LogP contribution >= 0.6 is 0 Å². The molecule has 0 amide bonds. The maximum Gasteiger partial charge on any atom is 0.195 e. The predicted molar refractivity (Wildman–Crippen MR) is 69.6 cm³/mol. The predicted octanol–water partition coefficient (Wildman–Crippen LogP) is 2.40. The van der Waals surface area contributed by atoms with E-state index in [-0.39, 0.29) is 0 Å². The fourth-order valence-corrected chi connectivity index (χ4v) is 1.85. The van der Waals surface area contributed by atoms with Crippen LogP contribution in [0, 0.1) is 11.1 Å². The van der Waals surface area contributed by atoms with Crippen LogP contribution in [0.2, 0.25) is 0 Å². The van der Waals surface area contributed by atoms with Crippen LogP contribution in [0.15, 0.2) is 24.3 Å². The van der Waals surface area contributed by atoms with Crippen LogP contribution < -0.4 is 4.84 Å². The Morgan fingerprint density at radius 2 is 1.89 bits per heavy atom. The summed E-state index contributed by atoms with van der Waals surface area (Å²) in [4.78, 5) is 5.22. The highest BCUT2D eigenvalue weighted by Crippen LogP contribution is 2.16. The second-order valence-electron chi connectivity index (χ2n) is 5.13. The fourth-order valence-electron chi connectivity index (χ4n) is 1.85. The number of rotatable bonds is 6. The van der Waals surface area contributed by atoms with Gasteiger partial charge in [0.2, 0.25) is 0 Å². The maximum absolute atomic E-state index is 10.9. The van der Waals surface area contributed by atoms with E-state index in [9.17, 15) is 5.21 Å².